The fraction of sp³-hybridized carbons (Fsp3) is 0. The monoisotopic (exact) mass is 699 g/mol. The van der Waals surface area contributed by atoms with Gasteiger partial charge in [-0.05, 0) is 77.9 Å². The third-order valence-electron chi connectivity index (χ3n) is 11.1. The van der Waals surface area contributed by atoms with Gasteiger partial charge in [0, 0.05) is 43.7 Å². The van der Waals surface area contributed by atoms with Crippen molar-refractivity contribution in [2.24, 2.45) is 0 Å². The first-order valence-corrected chi connectivity index (χ1v) is 18.3. The first-order chi connectivity index (χ1) is 27.2. The Bertz CT molecular complexity index is 3350. The maximum Gasteiger partial charge on any atom is 0.101 e. The Kier molecular flexibility index (Phi) is 6.61. The molecule has 5 nitrogen and oxygen atoms in total. The lowest BCUT2D eigenvalue weighted by Gasteiger charge is -2.14. The molecule has 11 rings (SSSR count). The Labute approximate surface area is 316 Å². The van der Waals surface area contributed by atoms with E-state index in [4.69, 9.17) is 0 Å². The number of aromatic nitrogens is 3. The molecular weight excluding hydrogens is 671 g/mol. The van der Waals surface area contributed by atoms with Crippen LogP contribution in [0.4, 0.5) is 0 Å². The van der Waals surface area contributed by atoms with E-state index in [9.17, 15) is 10.5 Å². The van der Waals surface area contributed by atoms with E-state index in [0.717, 1.165) is 82.8 Å². The molecule has 3 aromatic heterocycles. The molecule has 0 unspecified atom stereocenters. The number of rotatable bonds is 4. The summed E-state index contributed by atoms with van der Waals surface area (Å²) in [5, 5.41) is 27.9. The van der Waals surface area contributed by atoms with Crippen LogP contribution in [0.25, 0.3) is 93.6 Å². The lowest BCUT2D eigenvalue weighted by atomic mass is 9.99. The maximum atomic E-state index is 10.6. The molecule has 11 aromatic rings. The highest BCUT2D eigenvalue weighted by molar-refractivity contribution is 6.13. The first kappa shape index (κ1) is 30.7. The van der Waals surface area contributed by atoms with Crippen LogP contribution in [0.3, 0.4) is 0 Å². The molecule has 0 saturated carbocycles. The molecule has 0 spiro atoms. The molecule has 0 aliphatic carbocycles. The summed E-state index contributed by atoms with van der Waals surface area (Å²) >= 11 is 0. The van der Waals surface area contributed by atoms with Gasteiger partial charge in [-0.3, -0.25) is 0 Å². The molecule has 0 radical (unpaired) electrons. The summed E-state index contributed by atoms with van der Waals surface area (Å²) in [6.07, 6.45) is 0. The molecule has 0 atom stereocenters. The molecule has 0 saturated heterocycles. The van der Waals surface area contributed by atoms with Crippen molar-refractivity contribution < 1.29 is 0 Å². The molecule has 0 fully saturated rings. The minimum atomic E-state index is 0.587. The van der Waals surface area contributed by atoms with Gasteiger partial charge in [0.25, 0.3) is 0 Å². The third-order valence-corrected chi connectivity index (χ3v) is 11.1. The molecule has 0 N–H and O–H groups in total. The van der Waals surface area contributed by atoms with Gasteiger partial charge in [-0.2, -0.15) is 10.5 Å². The molecule has 8 aromatic carbocycles. The molecule has 0 amide bonds. The van der Waals surface area contributed by atoms with Crippen LogP contribution in [0.1, 0.15) is 11.1 Å². The number of nitrogens with zero attached hydrogens (tertiary/aromatic N) is 5. The standard InChI is InChI=1S/C50H29N5/c51-30-33-27-36(25-26-37(33)32-21-23-35(24-22-32)53-44-16-6-1-11-38(44)39-12-2-7-17-45(39)53)54-46-18-8-5-15-42(46)43-28-34(31-52)49(29-50(43)54)55-47-19-9-3-13-40(47)41-14-4-10-20-48(41)55/h1-29H. The topological polar surface area (TPSA) is 62.4 Å². The third kappa shape index (κ3) is 4.45. The second-order valence-electron chi connectivity index (χ2n) is 14.0. The summed E-state index contributed by atoms with van der Waals surface area (Å²) < 4.78 is 6.73. The molecule has 3 heterocycles. The molecule has 0 bridgehead atoms. The van der Waals surface area contributed by atoms with E-state index in [1.165, 1.54) is 10.8 Å². The number of nitriles is 2. The number of hydrogen-bond donors (Lipinski definition) is 0. The van der Waals surface area contributed by atoms with Crippen LogP contribution in [0.5, 0.6) is 0 Å². The average Bonchev–Trinajstić information content (AvgIpc) is 3.88. The lowest BCUT2D eigenvalue weighted by molar-refractivity contribution is 1.15. The fourth-order valence-corrected chi connectivity index (χ4v) is 8.75. The Morgan fingerprint density at radius 3 is 1.24 bits per heavy atom. The van der Waals surface area contributed by atoms with E-state index in [2.05, 4.69) is 165 Å². The van der Waals surface area contributed by atoms with Gasteiger partial charge >= 0.3 is 0 Å². The van der Waals surface area contributed by atoms with Crippen molar-refractivity contribution in [3.05, 3.63) is 187 Å². The van der Waals surface area contributed by atoms with Gasteiger partial charge in [-0.1, -0.05) is 109 Å². The summed E-state index contributed by atoms with van der Waals surface area (Å²) in [6.45, 7) is 0. The van der Waals surface area contributed by atoms with Crippen molar-refractivity contribution in [2.75, 3.05) is 0 Å². The van der Waals surface area contributed by atoms with Gasteiger partial charge in [0.1, 0.15) is 6.07 Å². The number of hydrogen-bond acceptors (Lipinski definition) is 2. The van der Waals surface area contributed by atoms with Gasteiger partial charge in [-0.25, -0.2) is 0 Å². The van der Waals surface area contributed by atoms with Crippen LogP contribution >= 0.6 is 0 Å². The summed E-state index contributed by atoms with van der Waals surface area (Å²) in [5.74, 6) is 0. The van der Waals surface area contributed by atoms with E-state index in [1.807, 2.05) is 36.4 Å². The Hall–Kier alpha value is -7.86. The number of fused-ring (bicyclic) bond motifs is 9. The van der Waals surface area contributed by atoms with E-state index in [-0.39, 0.29) is 0 Å². The van der Waals surface area contributed by atoms with Crippen LogP contribution in [0.2, 0.25) is 0 Å². The molecule has 0 aliphatic rings. The van der Waals surface area contributed by atoms with E-state index in [0.29, 0.717) is 11.1 Å². The molecular formula is C50H29N5. The SMILES string of the molecule is N#Cc1cc(-n2c3ccccc3c3cc(C#N)c(-n4c5ccccc5c5ccccc54)cc32)ccc1-c1ccc(-n2c3ccccc3c3ccccc32)cc1. The van der Waals surface area contributed by atoms with Crippen molar-refractivity contribution in [1.29, 1.82) is 10.5 Å². The van der Waals surface area contributed by atoms with E-state index >= 15 is 0 Å². The Morgan fingerprint density at radius 2 is 0.745 bits per heavy atom. The summed E-state index contributed by atoms with van der Waals surface area (Å²) in [7, 11) is 0. The van der Waals surface area contributed by atoms with Crippen LogP contribution in [-0.2, 0) is 0 Å². The van der Waals surface area contributed by atoms with Gasteiger partial charge in [0.2, 0.25) is 0 Å². The predicted molar refractivity (Wildman–Crippen MR) is 224 cm³/mol. The van der Waals surface area contributed by atoms with Crippen molar-refractivity contribution >= 4 is 65.4 Å². The van der Waals surface area contributed by atoms with Gasteiger partial charge < -0.3 is 13.7 Å². The average molecular weight is 700 g/mol. The molecule has 55 heavy (non-hydrogen) atoms. The van der Waals surface area contributed by atoms with E-state index in [1.54, 1.807) is 0 Å². The smallest absolute Gasteiger partial charge is 0.101 e. The predicted octanol–water partition coefficient (Wildman–Crippen LogP) is 12.4. The normalized spacial score (nSPS) is 11.6. The lowest BCUT2D eigenvalue weighted by Crippen LogP contribution is -2.00. The van der Waals surface area contributed by atoms with E-state index < -0.39 is 0 Å². The summed E-state index contributed by atoms with van der Waals surface area (Å²) in [4.78, 5) is 0. The number of para-hydroxylation sites is 5. The van der Waals surface area contributed by atoms with Crippen LogP contribution < -0.4 is 0 Å². The summed E-state index contributed by atoms with van der Waals surface area (Å²) in [5.41, 5.74) is 12.2. The van der Waals surface area contributed by atoms with Crippen molar-refractivity contribution in [3.63, 3.8) is 0 Å². The van der Waals surface area contributed by atoms with Crippen LogP contribution in [0, 0.1) is 22.7 Å². The van der Waals surface area contributed by atoms with Crippen LogP contribution in [-0.4, -0.2) is 13.7 Å². The minimum Gasteiger partial charge on any atom is -0.309 e. The minimum absolute atomic E-state index is 0.587. The highest BCUT2D eigenvalue weighted by Gasteiger charge is 2.20. The molecule has 5 heteroatoms. The fourth-order valence-electron chi connectivity index (χ4n) is 8.75. The second kappa shape index (κ2) is 11.8. The van der Waals surface area contributed by atoms with Gasteiger partial charge in [0.15, 0.2) is 0 Å². The summed E-state index contributed by atoms with van der Waals surface area (Å²) in [6, 6.07) is 65.8. The van der Waals surface area contributed by atoms with Crippen molar-refractivity contribution in [2.45, 2.75) is 0 Å². The zero-order valence-corrected chi connectivity index (χ0v) is 29.5. The van der Waals surface area contributed by atoms with Gasteiger partial charge in [-0.15, -0.1) is 0 Å². The van der Waals surface area contributed by atoms with Crippen molar-refractivity contribution in [1.82, 2.24) is 13.7 Å². The second-order valence-corrected chi connectivity index (χ2v) is 14.0. The highest BCUT2D eigenvalue weighted by atomic mass is 15.0. The van der Waals surface area contributed by atoms with Crippen molar-refractivity contribution in [3.8, 4) is 40.3 Å². The molecule has 0 aliphatic heterocycles. The van der Waals surface area contributed by atoms with Gasteiger partial charge in [0.05, 0.1) is 56.0 Å². The Balaban J connectivity index is 1.08. The quantitative estimate of drug-likeness (QED) is 0.184. The Morgan fingerprint density at radius 1 is 0.327 bits per heavy atom. The van der Waals surface area contributed by atoms with Crippen LogP contribution in [0.15, 0.2) is 176 Å². The molecule has 254 valence electrons. The zero-order chi connectivity index (χ0) is 36.6. The largest absolute Gasteiger partial charge is 0.309 e. The zero-order valence-electron chi connectivity index (χ0n) is 29.5. The maximum absolute atomic E-state index is 10.6. The number of benzene rings is 8. The highest BCUT2D eigenvalue weighted by Crippen LogP contribution is 2.39. The first-order valence-electron chi connectivity index (χ1n) is 18.3.